The number of hydrogen-bond donors (Lipinski definition) is 3. The number of carbonyl (C=O) groups is 3. The van der Waals surface area contributed by atoms with Crippen molar-refractivity contribution in [3.63, 3.8) is 0 Å². The van der Waals surface area contributed by atoms with Crippen LogP contribution in [0.2, 0.25) is 0 Å². The summed E-state index contributed by atoms with van der Waals surface area (Å²) in [6, 6.07) is 0.476. The number of fused-ring (bicyclic) bond motifs is 1. The largest absolute Gasteiger partial charge is 0.469 e. The second-order valence-electron chi connectivity index (χ2n) is 6.96. The van der Waals surface area contributed by atoms with E-state index in [1.54, 1.807) is 0 Å². The van der Waals surface area contributed by atoms with Crippen LogP contribution in [0.4, 0.5) is 4.79 Å². The molecule has 2 aliphatic rings. The number of thioether (sulfide) groups is 1. The maximum atomic E-state index is 11.8. The number of nitrogens with one attached hydrogen (secondary N) is 3. The molecule has 3 atom stereocenters. The topological polar surface area (TPSA) is 96.5 Å². The normalized spacial score (nSPS) is 23.9. The first-order valence-corrected chi connectivity index (χ1v) is 10.7. The fourth-order valence-electron chi connectivity index (χ4n) is 3.44. The molecule has 0 saturated carbocycles. The average Bonchev–Trinajstić information content (AvgIpc) is 3.17. The molecule has 148 valence electrons. The number of carbonyl (C=O) groups excluding carboxylic acids is 3. The van der Waals surface area contributed by atoms with E-state index in [2.05, 4.69) is 20.7 Å². The summed E-state index contributed by atoms with van der Waals surface area (Å²) in [5, 5.41) is 9.37. The first-order chi connectivity index (χ1) is 12.6. The molecule has 2 rings (SSSR count). The zero-order valence-corrected chi connectivity index (χ0v) is 16.4. The molecule has 0 aromatic carbocycles. The van der Waals surface area contributed by atoms with E-state index in [1.807, 2.05) is 11.8 Å². The third-order valence-electron chi connectivity index (χ3n) is 4.94. The Morgan fingerprint density at radius 1 is 1.12 bits per heavy atom. The molecule has 3 unspecified atom stereocenters. The smallest absolute Gasteiger partial charge is 0.315 e. The maximum absolute atomic E-state index is 11.8. The molecule has 3 amide bonds. The van der Waals surface area contributed by atoms with E-state index in [0.29, 0.717) is 24.6 Å². The Morgan fingerprint density at radius 2 is 1.88 bits per heavy atom. The van der Waals surface area contributed by atoms with Crippen molar-refractivity contribution in [3.05, 3.63) is 0 Å². The summed E-state index contributed by atoms with van der Waals surface area (Å²) in [6.07, 6.45) is 7.77. The van der Waals surface area contributed by atoms with E-state index in [-0.39, 0.29) is 30.0 Å². The lowest BCUT2D eigenvalue weighted by Gasteiger charge is -2.16. The van der Waals surface area contributed by atoms with E-state index in [9.17, 15) is 14.4 Å². The van der Waals surface area contributed by atoms with Gasteiger partial charge in [0.1, 0.15) is 0 Å². The fraction of sp³-hybridized carbons (Fsp3) is 0.833. The van der Waals surface area contributed by atoms with Crippen molar-refractivity contribution in [3.8, 4) is 0 Å². The minimum absolute atomic E-state index is 0.0463. The molecular weight excluding hydrogens is 354 g/mol. The van der Waals surface area contributed by atoms with Gasteiger partial charge in [-0.15, -0.1) is 0 Å². The molecule has 2 saturated heterocycles. The van der Waals surface area contributed by atoms with E-state index >= 15 is 0 Å². The molecule has 2 heterocycles. The molecule has 3 N–H and O–H groups in total. The standard InChI is InChI=1S/C18H31N3O4S/c1-25-16(23)10-4-2-3-7-11-19-15(22)9-6-5-8-14-17-13(12-26-14)20-18(24)21-17/h13-14,17H,2-12H2,1H3,(H,19,22)(H2,20,21,24). The van der Waals surface area contributed by atoms with E-state index in [1.165, 1.54) is 7.11 Å². The van der Waals surface area contributed by atoms with Crippen molar-refractivity contribution >= 4 is 29.7 Å². The molecule has 7 nitrogen and oxygen atoms in total. The quantitative estimate of drug-likeness (QED) is 0.271. The Hall–Kier alpha value is -1.44. The van der Waals surface area contributed by atoms with Crippen LogP contribution in [0.25, 0.3) is 0 Å². The first kappa shape index (κ1) is 20.9. The molecule has 0 bridgehead atoms. The lowest BCUT2D eigenvalue weighted by atomic mass is 10.0. The number of methoxy groups -OCH3 is 1. The van der Waals surface area contributed by atoms with E-state index in [0.717, 1.165) is 50.7 Å². The highest BCUT2D eigenvalue weighted by atomic mass is 32.2. The second kappa shape index (κ2) is 11.3. The molecule has 2 aliphatic heterocycles. The summed E-state index contributed by atoms with van der Waals surface area (Å²) < 4.78 is 4.60. The summed E-state index contributed by atoms with van der Waals surface area (Å²) in [4.78, 5) is 34.1. The lowest BCUT2D eigenvalue weighted by molar-refractivity contribution is -0.140. The molecule has 0 radical (unpaired) electrons. The van der Waals surface area contributed by atoms with Gasteiger partial charge < -0.3 is 20.7 Å². The molecule has 0 aromatic rings. The number of urea groups is 1. The third kappa shape index (κ3) is 7.05. The van der Waals surface area contributed by atoms with Gasteiger partial charge in [-0.2, -0.15) is 11.8 Å². The Morgan fingerprint density at radius 3 is 2.69 bits per heavy atom. The predicted molar refractivity (Wildman–Crippen MR) is 102 cm³/mol. The van der Waals surface area contributed by atoms with Crippen LogP contribution < -0.4 is 16.0 Å². The number of esters is 1. The maximum Gasteiger partial charge on any atom is 0.315 e. The summed E-state index contributed by atoms with van der Waals surface area (Å²) in [5.74, 6) is 0.942. The highest BCUT2D eigenvalue weighted by molar-refractivity contribution is 8.00. The number of ether oxygens (including phenoxy) is 1. The number of unbranched alkanes of at least 4 members (excludes halogenated alkanes) is 4. The van der Waals surface area contributed by atoms with Crippen LogP contribution >= 0.6 is 11.8 Å². The molecular formula is C18H31N3O4S. The number of amides is 3. The van der Waals surface area contributed by atoms with Gasteiger partial charge in [0.15, 0.2) is 0 Å². The van der Waals surface area contributed by atoms with Crippen LogP contribution in [0.3, 0.4) is 0 Å². The van der Waals surface area contributed by atoms with Gasteiger partial charge in [0, 0.05) is 30.4 Å². The Labute approximate surface area is 159 Å². The average molecular weight is 386 g/mol. The lowest BCUT2D eigenvalue weighted by Crippen LogP contribution is -2.36. The number of rotatable bonds is 12. The van der Waals surface area contributed by atoms with Gasteiger partial charge in [-0.3, -0.25) is 9.59 Å². The minimum atomic E-state index is -0.156. The first-order valence-electron chi connectivity index (χ1n) is 9.62. The van der Waals surface area contributed by atoms with Crippen LogP contribution in [0, 0.1) is 0 Å². The Kier molecular flexibility index (Phi) is 9.08. The molecule has 26 heavy (non-hydrogen) atoms. The van der Waals surface area contributed by atoms with Crippen molar-refractivity contribution in [1.29, 1.82) is 0 Å². The molecule has 0 aromatic heterocycles. The van der Waals surface area contributed by atoms with E-state index < -0.39 is 0 Å². The van der Waals surface area contributed by atoms with Gasteiger partial charge in [0.25, 0.3) is 0 Å². The molecule has 0 aliphatic carbocycles. The van der Waals surface area contributed by atoms with Crippen LogP contribution in [0.1, 0.15) is 57.8 Å². The van der Waals surface area contributed by atoms with E-state index in [4.69, 9.17) is 0 Å². The summed E-state index contributed by atoms with van der Waals surface area (Å²) >= 11 is 1.91. The molecule has 2 fully saturated rings. The third-order valence-corrected chi connectivity index (χ3v) is 6.45. The van der Waals surface area contributed by atoms with Crippen LogP contribution in [-0.4, -0.2) is 54.6 Å². The molecule has 8 heteroatoms. The van der Waals surface area contributed by atoms with Crippen molar-refractivity contribution in [1.82, 2.24) is 16.0 Å². The molecule has 0 spiro atoms. The Balaban J connectivity index is 1.41. The SMILES string of the molecule is COC(=O)CCCCCCNC(=O)CCCCC1SCC2NC(=O)NC21. The summed E-state index contributed by atoms with van der Waals surface area (Å²) in [7, 11) is 1.41. The van der Waals surface area contributed by atoms with Crippen LogP contribution in [0.5, 0.6) is 0 Å². The van der Waals surface area contributed by atoms with Crippen LogP contribution in [-0.2, 0) is 14.3 Å². The second-order valence-corrected chi connectivity index (χ2v) is 8.23. The van der Waals surface area contributed by atoms with Crippen molar-refractivity contribution in [2.24, 2.45) is 0 Å². The van der Waals surface area contributed by atoms with Gasteiger partial charge in [-0.25, -0.2) is 4.79 Å². The van der Waals surface area contributed by atoms with Gasteiger partial charge in [0.2, 0.25) is 5.91 Å². The highest BCUT2D eigenvalue weighted by Crippen LogP contribution is 2.33. The number of hydrogen-bond acceptors (Lipinski definition) is 5. The summed E-state index contributed by atoms with van der Waals surface area (Å²) in [6.45, 7) is 0.705. The van der Waals surface area contributed by atoms with Crippen molar-refractivity contribution in [2.75, 3.05) is 19.4 Å². The van der Waals surface area contributed by atoms with Crippen molar-refractivity contribution in [2.45, 2.75) is 75.1 Å². The predicted octanol–water partition coefficient (Wildman–Crippen LogP) is 1.95. The van der Waals surface area contributed by atoms with Gasteiger partial charge in [0.05, 0.1) is 19.2 Å². The van der Waals surface area contributed by atoms with Crippen molar-refractivity contribution < 1.29 is 19.1 Å². The minimum Gasteiger partial charge on any atom is -0.469 e. The monoisotopic (exact) mass is 385 g/mol. The highest BCUT2D eigenvalue weighted by Gasteiger charge is 2.42. The van der Waals surface area contributed by atoms with Gasteiger partial charge >= 0.3 is 12.0 Å². The fourth-order valence-corrected chi connectivity index (χ4v) is 4.98. The Bertz CT molecular complexity index is 489. The van der Waals surface area contributed by atoms with Gasteiger partial charge in [-0.05, 0) is 25.7 Å². The summed E-state index contributed by atoms with van der Waals surface area (Å²) in [5.41, 5.74) is 0. The van der Waals surface area contributed by atoms with Gasteiger partial charge in [-0.1, -0.05) is 19.3 Å². The zero-order chi connectivity index (χ0) is 18.8. The van der Waals surface area contributed by atoms with Crippen LogP contribution in [0.15, 0.2) is 0 Å². The zero-order valence-electron chi connectivity index (χ0n) is 15.6.